The van der Waals surface area contributed by atoms with Gasteiger partial charge in [0.1, 0.15) is 5.82 Å². The zero-order valence-electron chi connectivity index (χ0n) is 9.16. The second kappa shape index (κ2) is 3.77. The van der Waals surface area contributed by atoms with Crippen LogP contribution in [0.5, 0.6) is 0 Å². The lowest BCUT2D eigenvalue weighted by Crippen LogP contribution is -2.34. The van der Waals surface area contributed by atoms with E-state index in [9.17, 15) is 9.18 Å². The molecular formula is C12H13FO2S. The van der Waals surface area contributed by atoms with Gasteiger partial charge in [-0.2, -0.15) is 0 Å². The number of carboxylic acids is 1. The fraction of sp³-hybridized carbons (Fsp3) is 0.417. The van der Waals surface area contributed by atoms with Crippen molar-refractivity contribution in [1.29, 1.82) is 0 Å². The van der Waals surface area contributed by atoms with Crippen LogP contribution in [0.3, 0.4) is 0 Å². The van der Waals surface area contributed by atoms with Crippen molar-refractivity contribution in [2.45, 2.75) is 30.4 Å². The fourth-order valence-corrected chi connectivity index (χ4v) is 3.20. The highest BCUT2D eigenvalue weighted by atomic mass is 32.2. The van der Waals surface area contributed by atoms with E-state index in [2.05, 4.69) is 0 Å². The Morgan fingerprint density at radius 2 is 2.25 bits per heavy atom. The molecule has 0 amide bonds. The number of halogens is 1. The van der Waals surface area contributed by atoms with E-state index in [1.807, 2.05) is 6.07 Å². The Balaban J connectivity index is 2.30. The van der Waals surface area contributed by atoms with Gasteiger partial charge in [0.05, 0.1) is 5.41 Å². The van der Waals surface area contributed by atoms with Crippen LogP contribution in [-0.2, 0) is 11.2 Å². The first-order valence-corrected chi connectivity index (χ1v) is 5.98. The summed E-state index contributed by atoms with van der Waals surface area (Å²) in [5.41, 5.74) is -0.178. The number of hydrogen-bond acceptors (Lipinski definition) is 2. The maximum Gasteiger partial charge on any atom is 0.310 e. The van der Waals surface area contributed by atoms with E-state index < -0.39 is 11.4 Å². The van der Waals surface area contributed by atoms with Gasteiger partial charge in [0, 0.05) is 15.7 Å². The van der Waals surface area contributed by atoms with Crippen molar-refractivity contribution in [2.75, 3.05) is 0 Å². The molecule has 0 bridgehead atoms. The van der Waals surface area contributed by atoms with E-state index in [0.29, 0.717) is 12.0 Å². The van der Waals surface area contributed by atoms with Crippen molar-refractivity contribution in [1.82, 2.24) is 0 Å². The van der Waals surface area contributed by atoms with Crippen LogP contribution >= 0.6 is 11.8 Å². The van der Waals surface area contributed by atoms with Crippen LogP contribution in [0.15, 0.2) is 23.1 Å². The van der Waals surface area contributed by atoms with E-state index in [1.165, 1.54) is 17.8 Å². The predicted octanol–water partition coefficient (Wildman–Crippen LogP) is 2.95. The quantitative estimate of drug-likeness (QED) is 0.863. The third-order valence-corrected chi connectivity index (χ3v) is 4.77. The largest absolute Gasteiger partial charge is 0.481 e. The molecule has 1 aliphatic rings. The molecule has 1 aliphatic heterocycles. The summed E-state index contributed by atoms with van der Waals surface area (Å²) in [6.45, 7) is 3.38. The monoisotopic (exact) mass is 240 g/mol. The molecular weight excluding hydrogens is 227 g/mol. The summed E-state index contributed by atoms with van der Waals surface area (Å²) in [6.07, 6.45) is 0.492. The summed E-state index contributed by atoms with van der Waals surface area (Å²) in [5, 5.41) is 9.04. The molecule has 1 atom stereocenters. The molecule has 2 rings (SSSR count). The number of hydrogen-bond donors (Lipinski definition) is 1. The number of rotatable bonds is 2. The van der Waals surface area contributed by atoms with Gasteiger partial charge in [-0.3, -0.25) is 4.79 Å². The maximum atomic E-state index is 13.5. The summed E-state index contributed by atoms with van der Waals surface area (Å²) >= 11 is 1.46. The van der Waals surface area contributed by atoms with Gasteiger partial charge in [-0.25, -0.2) is 4.39 Å². The van der Waals surface area contributed by atoms with Crippen LogP contribution in [0.4, 0.5) is 4.39 Å². The Hall–Kier alpha value is -1.03. The molecule has 1 N–H and O–H groups in total. The van der Waals surface area contributed by atoms with Crippen molar-refractivity contribution >= 4 is 17.7 Å². The standard InChI is InChI=1S/C12H13FO2S/c1-12(2,11(14)15)10-6-7-8(13)4-3-5-9(7)16-10/h3-5,10H,6H2,1-2H3,(H,14,15). The average Bonchev–Trinajstić information content (AvgIpc) is 2.63. The molecule has 1 unspecified atom stereocenters. The lowest BCUT2D eigenvalue weighted by molar-refractivity contribution is -0.146. The number of fused-ring (bicyclic) bond motifs is 1. The van der Waals surface area contributed by atoms with Gasteiger partial charge < -0.3 is 5.11 Å². The van der Waals surface area contributed by atoms with Crippen molar-refractivity contribution in [3.05, 3.63) is 29.6 Å². The van der Waals surface area contributed by atoms with Gasteiger partial charge in [-0.05, 0) is 32.4 Å². The maximum absolute atomic E-state index is 13.5. The molecule has 0 aromatic heterocycles. The van der Waals surface area contributed by atoms with Crippen LogP contribution in [0.2, 0.25) is 0 Å². The molecule has 16 heavy (non-hydrogen) atoms. The first-order chi connectivity index (χ1) is 7.43. The van der Waals surface area contributed by atoms with Crippen molar-refractivity contribution < 1.29 is 14.3 Å². The lowest BCUT2D eigenvalue weighted by Gasteiger charge is -2.25. The van der Waals surface area contributed by atoms with Crippen molar-refractivity contribution in [3.63, 3.8) is 0 Å². The van der Waals surface area contributed by atoms with Gasteiger partial charge in [0.25, 0.3) is 0 Å². The van der Waals surface area contributed by atoms with Crippen LogP contribution in [0.25, 0.3) is 0 Å². The number of carbonyl (C=O) groups is 1. The molecule has 4 heteroatoms. The third-order valence-electron chi connectivity index (χ3n) is 3.09. The number of benzene rings is 1. The summed E-state index contributed by atoms with van der Waals surface area (Å²) in [4.78, 5) is 12.0. The smallest absolute Gasteiger partial charge is 0.310 e. The van der Waals surface area contributed by atoms with Crippen LogP contribution < -0.4 is 0 Å². The fourth-order valence-electron chi connectivity index (χ4n) is 1.77. The Morgan fingerprint density at radius 3 is 2.81 bits per heavy atom. The van der Waals surface area contributed by atoms with E-state index >= 15 is 0 Å². The predicted molar refractivity (Wildman–Crippen MR) is 61.2 cm³/mol. The zero-order valence-corrected chi connectivity index (χ0v) is 9.97. The highest BCUT2D eigenvalue weighted by molar-refractivity contribution is 8.00. The van der Waals surface area contributed by atoms with E-state index in [1.54, 1.807) is 19.9 Å². The molecule has 0 aliphatic carbocycles. The topological polar surface area (TPSA) is 37.3 Å². The van der Waals surface area contributed by atoms with Gasteiger partial charge in [-0.15, -0.1) is 11.8 Å². The lowest BCUT2D eigenvalue weighted by atomic mass is 9.86. The first kappa shape index (κ1) is 11.5. The molecule has 1 aromatic carbocycles. The number of aliphatic carboxylic acids is 1. The molecule has 1 heterocycles. The van der Waals surface area contributed by atoms with Crippen LogP contribution in [0, 0.1) is 11.2 Å². The number of thioether (sulfide) groups is 1. The van der Waals surface area contributed by atoms with Gasteiger partial charge in [0.15, 0.2) is 0 Å². The van der Waals surface area contributed by atoms with E-state index in [-0.39, 0.29) is 11.1 Å². The molecule has 0 spiro atoms. The average molecular weight is 240 g/mol. The van der Waals surface area contributed by atoms with Crippen molar-refractivity contribution in [2.24, 2.45) is 5.41 Å². The number of carboxylic acid groups (broad SMARTS) is 1. The first-order valence-electron chi connectivity index (χ1n) is 5.10. The summed E-state index contributed by atoms with van der Waals surface area (Å²) < 4.78 is 13.5. The molecule has 0 saturated heterocycles. The van der Waals surface area contributed by atoms with E-state index in [0.717, 1.165) is 4.90 Å². The zero-order chi connectivity index (χ0) is 11.9. The SMILES string of the molecule is CC(C)(C(=O)O)C1Cc2c(F)cccc2S1. The summed E-state index contributed by atoms with van der Waals surface area (Å²) in [7, 11) is 0. The minimum Gasteiger partial charge on any atom is -0.481 e. The molecule has 0 fully saturated rings. The Morgan fingerprint density at radius 1 is 1.56 bits per heavy atom. The van der Waals surface area contributed by atoms with Gasteiger partial charge in [-0.1, -0.05) is 6.07 Å². The molecule has 0 radical (unpaired) electrons. The van der Waals surface area contributed by atoms with Crippen molar-refractivity contribution in [3.8, 4) is 0 Å². The molecule has 2 nitrogen and oxygen atoms in total. The van der Waals surface area contributed by atoms with Crippen LogP contribution in [0.1, 0.15) is 19.4 Å². The molecule has 86 valence electrons. The minimum absolute atomic E-state index is 0.100. The Bertz CT molecular complexity index is 443. The minimum atomic E-state index is -0.837. The van der Waals surface area contributed by atoms with Gasteiger partial charge >= 0.3 is 5.97 Å². The highest BCUT2D eigenvalue weighted by Gasteiger charge is 2.41. The highest BCUT2D eigenvalue weighted by Crippen LogP contribution is 2.45. The summed E-state index contributed by atoms with van der Waals surface area (Å²) in [5.74, 6) is -1.06. The molecule has 1 aromatic rings. The molecule has 0 saturated carbocycles. The Labute approximate surface area is 97.9 Å². The van der Waals surface area contributed by atoms with Gasteiger partial charge in [0.2, 0.25) is 0 Å². The normalized spacial score (nSPS) is 19.6. The summed E-state index contributed by atoms with van der Waals surface area (Å²) in [6, 6.07) is 4.94. The second-order valence-electron chi connectivity index (χ2n) is 4.55. The second-order valence-corrected chi connectivity index (χ2v) is 5.80. The Kier molecular flexibility index (Phi) is 2.70. The van der Waals surface area contributed by atoms with E-state index in [4.69, 9.17) is 5.11 Å². The van der Waals surface area contributed by atoms with Crippen LogP contribution in [-0.4, -0.2) is 16.3 Å². The third kappa shape index (κ3) is 1.71.